The molecule has 0 saturated heterocycles. The van der Waals surface area contributed by atoms with Crippen molar-refractivity contribution in [1.29, 1.82) is 0 Å². The number of para-hydroxylation sites is 1. The Labute approximate surface area is 100 Å². The van der Waals surface area contributed by atoms with E-state index in [1.165, 1.54) is 0 Å². The Kier molecular flexibility index (Phi) is 2.88. The van der Waals surface area contributed by atoms with E-state index in [-0.39, 0.29) is 0 Å². The topological polar surface area (TPSA) is 85.1 Å². The maximum atomic E-state index is 11.1. The van der Waals surface area contributed by atoms with Crippen LogP contribution in [0.4, 0.5) is 0 Å². The molecule has 0 unspecified atom stereocenters. The zero-order valence-corrected chi connectivity index (χ0v) is 9.13. The number of carbonyl (C=O) groups is 1. The maximum absolute atomic E-state index is 11.1. The summed E-state index contributed by atoms with van der Waals surface area (Å²) >= 11 is 5.92. The summed E-state index contributed by atoms with van der Waals surface area (Å²) < 4.78 is 1.15. The number of aromatic nitrogens is 3. The summed E-state index contributed by atoms with van der Waals surface area (Å²) in [7, 11) is 0. The van der Waals surface area contributed by atoms with Crippen LogP contribution in [-0.4, -0.2) is 25.8 Å². The lowest BCUT2D eigenvalue weighted by molar-refractivity contribution is 0.0686. The van der Waals surface area contributed by atoms with Crippen molar-refractivity contribution in [3.63, 3.8) is 0 Å². The smallest absolute Gasteiger partial charge is 0.362 e. The average molecular weight is 252 g/mol. The van der Waals surface area contributed by atoms with Crippen molar-refractivity contribution < 1.29 is 9.90 Å². The molecule has 0 aliphatic carbocycles. The largest absolute Gasteiger partial charge is 0.476 e. The first-order chi connectivity index (χ1) is 8.09. The normalized spacial score (nSPS) is 10.2. The molecule has 7 heteroatoms. The zero-order chi connectivity index (χ0) is 12.4. The summed E-state index contributed by atoms with van der Waals surface area (Å²) in [6, 6.07) is 6.69. The van der Waals surface area contributed by atoms with Gasteiger partial charge in [0.05, 0.1) is 10.7 Å². The minimum absolute atomic E-state index is 0.377. The first kappa shape index (κ1) is 11.3. The third-order valence-electron chi connectivity index (χ3n) is 2.00. The van der Waals surface area contributed by atoms with Gasteiger partial charge >= 0.3 is 11.5 Å². The molecule has 1 N–H and O–H groups in total. The lowest BCUT2D eigenvalue weighted by Crippen LogP contribution is -2.23. The SMILES string of the molecule is O=C(O)c1nn(-c2ccccc2Cl)cnc1=O. The van der Waals surface area contributed by atoms with E-state index in [0.29, 0.717) is 10.7 Å². The lowest BCUT2D eigenvalue weighted by atomic mass is 10.3. The average Bonchev–Trinajstić information content (AvgIpc) is 2.30. The lowest BCUT2D eigenvalue weighted by Gasteiger charge is -2.06. The number of aromatic carboxylic acids is 1. The van der Waals surface area contributed by atoms with Gasteiger partial charge in [0.15, 0.2) is 0 Å². The number of carboxylic acids is 1. The molecule has 86 valence electrons. The summed E-state index contributed by atoms with van der Waals surface area (Å²) in [5.74, 6) is -1.43. The number of benzene rings is 1. The molecule has 0 spiro atoms. The minimum Gasteiger partial charge on any atom is -0.476 e. The number of nitrogens with zero attached hydrogens (tertiary/aromatic N) is 3. The van der Waals surface area contributed by atoms with E-state index in [1.807, 2.05) is 0 Å². The predicted molar refractivity (Wildman–Crippen MR) is 59.6 cm³/mol. The third kappa shape index (κ3) is 2.16. The summed E-state index contributed by atoms with van der Waals surface area (Å²) in [5.41, 5.74) is -1.09. The van der Waals surface area contributed by atoms with Gasteiger partial charge in [-0.05, 0) is 12.1 Å². The van der Waals surface area contributed by atoms with Gasteiger partial charge < -0.3 is 5.11 Å². The second-order valence-electron chi connectivity index (χ2n) is 3.10. The van der Waals surface area contributed by atoms with Gasteiger partial charge in [-0.25, -0.2) is 9.48 Å². The molecule has 17 heavy (non-hydrogen) atoms. The summed E-state index contributed by atoms with van der Waals surface area (Å²) in [6.07, 6.45) is 1.12. The van der Waals surface area contributed by atoms with Gasteiger partial charge in [0.2, 0.25) is 5.69 Å². The minimum atomic E-state index is -1.43. The van der Waals surface area contributed by atoms with Crippen molar-refractivity contribution in [3.05, 3.63) is 51.7 Å². The van der Waals surface area contributed by atoms with Gasteiger partial charge in [0, 0.05) is 0 Å². The highest BCUT2D eigenvalue weighted by atomic mass is 35.5. The molecule has 1 aromatic heterocycles. The van der Waals surface area contributed by atoms with E-state index < -0.39 is 17.2 Å². The molecule has 0 fully saturated rings. The fourth-order valence-electron chi connectivity index (χ4n) is 1.23. The Hall–Kier alpha value is -2.21. The Bertz CT molecular complexity index is 639. The van der Waals surface area contributed by atoms with E-state index >= 15 is 0 Å². The van der Waals surface area contributed by atoms with E-state index in [1.54, 1.807) is 24.3 Å². The van der Waals surface area contributed by atoms with Crippen LogP contribution in [0.1, 0.15) is 10.5 Å². The Morgan fingerprint density at radius 1 is 1.35 bits per heavy atom. The van der Waals surface area contributed by atoms with Crippen molar-refractivity contribution in [2.45, 2.75) is 0 Å². The maximum Gasteiger partial charge on any atom is 0.362 e. The Morgan fingerprint density at radius 3 is 2.71 bits per heavy atom. The van der Waals surface area contributed by atoms with Crippen molar-refractivity contribution in [1.82, 2.24) is 14.8 Å². The second kappa shape index (κ2) is 4.34. The van der Waals surface area contributed by atoms with Crippen LogP contribution in [0.2, 0.25) is 5.02 Å². The van der Waals surface area contributed by atoms with Crippen molar-refractivity contribution in [3.8, 4) is 5.69 Å². The van der Waals surface area contributed by atoms with Crippen LogP contribution < -0.4 is 5.56 Å². The van der Waals surface area contributed by atoms with E-state index in [0.717, 1.165) is 11.0 Å². The molecule has 6 nitrogen and oxygen atoms in total. The van der Waals surface area contributed by atoms with Crippen molar-refractivity contribution in [2.75, 3.05) is 0 Å². The van der Waals surface area contributed by atoms with E-state index in [9.17, 15) is 9.59 Å². The number of hydrogen-bond donors (Lipinski definition) is 1. The summed E-state index contributed by atoms with van der Waals surface area (Å²) in [4.78, 5) is 25.3. The highest BCUT2D eigenvalue weighted by Gasteiger charge is 2.13. The van der Waals surface area contributed by atoms with Gasteiger partial charge in [0.25, 0.3) is 0 Å². The van der Waals surface area contributed by atoms with Crippen molar-refractivity contribution in [2.24, 2.45) is 0 Å². The molecular weight excluding hydrogens is 246 g/mol. The monoisotopic (exact) mass is 251 g/mol. The van der Waals surface area contributed by atoms with E-state index in [4.69, 9.17) is 16.7 Å². The molecule has 0 aliphatic rings. The van der Waals surface area contributed by atoms with Gasteiger partial charge in [0.1, 0.15) is 6.33 Å². The zero-order valence-electron chi connectivity index (χ0n) is 8.37. The molecule has 0 bridgehead atoms. The van der Waals surface area contributed by atoms with Crippen LogP contribution in [-0.2, 0) is 0 Å². The van der Waals surface area contributed by atoms with Gasteiger partial charge in [-0.2, -0.15) is 10.1 Å². The molecule has 0 radical (unpaired) electrons. The van der Waals surface area contributed by atoms with Crippen LogP contribution in [0, 0.1) is 0 Å². The Morgan fingerprint density at radius 2 is 2.06 bits per heavy atom. The van der Waals surface area contributed by atoms with Gasteiger partial charge in [-0.3, -0.25) is 4.79 Å². The Balaban J connectivity index is 2.62. The van der Waals surface area contributed by atoms with Crippen LogP contribution >= 0.6 is 11.6 Å². The molecule has 2 aromatic rings. The van der Waals surface area contributed by atoms with Crippen LogP contribution in [0.5, 0.6) is 0 Å². The second-order valence-corrected chi connectivity index (χ2v) is 3.51. The summed E-state index contributed by atoms with van der Waals surface area (Å²) in [6.45, 7) is 0. The first-order valence-electron chi connectivity index (χ1n) is 4.54. The van der Waals surface area contributed by atoms with Gasteiger partial charge in [-0.1, -0.05) is 23.7 Å². The molecule has 0 atom stereocenters. The molecule has 1 aromatic carbocycles. The standard InChI is InChI=1S/C10H6ClN3O3/c11-6-3-1-2-4-7(6)14-5-12-9(15)8(13-14)10(16)17/h1-5H,(H,16,17). The van der Waals surface area contributed by atoms with Crippen molar-refractivity contribution >= 4 is 17.6 Å². The van der Waals surface area contributed by atoms with Crippen LogP contribution in [0.25, 0.3) is 5.69 Å². The number of carboxylic acid groups (broad SMARTS) is 1. The fraction of sp³-hybridized carbons (Fsp3) is 0. The fourth-order valence-corrected chi connectivity index (χ4v) is 1.45. The van der Waals surface area contributed by atoms with Crippen LogP contribution in [0.15, 0.2) is 35.4 Å². The third-order valence-corrected chi connectivity index (χ3v) is 2.32. The molecular formula is C10H6ClN3O3. The highest BCUT2D eigenvalue weighted by Crippen LogP contribution is 2.17. The number of rotatable bonds is 2. The predicted octanol–water partition coefficient (Wildman–Crippen LogP) is 0.979. The van der Waals surface area contributed by atoms with E-state index in [2.05, 4.69) is 10.1 Å². The van der Waals surface area contributed by atoms with Crippen LogP contribution in [0.3, 0.4) is 0 Å². The quantitative estimate of drug-likeness (QED) is 0.860. The molecule has 0 amide bonds. The number of hydrogen-bond acceptors (Lipinski definition) is 4. The molecule has 2 rings (SSSR count). The molecule has 0 saturated carbocycles. The molecule has 0 aliphatic heterocycles. The first-order valence-corrected chi connectivity index (χ1v) is 4.91. The molecule has 1 heterocycles. The number of halogens is 1. The van der Waals surface area contributed by atoms with Gasteiger partial charge in [-0.15, -0.1) is 0 Å². The highest BCUT2D eigenvalue weighted by molar-refractivity contribution is 6.32. The summed E-state index contributed by atoms with van der Waals surface area (Å²) in [5, 5.41) is 12.8.